The fourth-order valence-electron chi connectivity index (χ4n) is 1.03. The van der Waals surface area contributed by atoms with Gasteiger partial charge in [-0.25, -0.2) is 4.79 Å². The second kappa shape index (κ2) is 5.19. The molecular weight excluding hydrogens is 168 g/mol. The van der Waals surface area contributed by atoms with E-state index in [1.807, 2.05) is 31.2 Å². The second-order valence-corrected chi connectivity index (χ2v) is 2.41. The number of ether oxygens (including phenoxy) is 2. The molecule has 0 spiro atoms. The van der Waals surface area contributed by atoms with Gasteiger partial charge in [0.1, 0.15) is 12.4 Å². The van der Waals surface area contributed by atoms with Crippen LogP contribution in [0.2, 0.25) is 0 Å². The molecule has 69 valence electrons. The van der Waals surface area contributed by atoms with Crippen LogP contribution in [-0.2, 0) is 16.1 Å². The quantitative estimate of drug-likeness (QED) is 0.689. The van der Waals surface area contributed by atoms with Gasteiger partial charge in [0.15, 0.2) is 0 Å². The fourth-order valence-corrected chi connectivity index (χ4v) is 1.03. The smallest absolute Gasteiger partial charge is 0.417 e. The molecule has 0 fully saturated rings. The van der Waals surface area contributed by atoms with Crippen LogP contribution in [0, 0.1) is 0 Å². The average Bonchev–Trinajstić information content (AvgIpc) is 2.17. The Morgan fingerprint density at radius 3 is 2.85 bits per heavy atom. The van der Waals surface area contributed by atoms with Gasteiger partial charge in [0.05, 0.1) is 6.61 Å². The SMILES string of the molecule is CCOc1ccccc1CO[C]=O. The summed E-state index contributed by atoms with van der Waals surface area (Å²) in [4.78, 5) is 9.86. The van der Waals surface area contributed by atoms with Crippen molar-refractivity contribution in [2.45, 2.75) is 13.5 Å². The van der Waals surface area contributed by atoms with E-state index in [1.165, 1.54) is 6.47 Å². The lowest BCUT2D eigenvalue weighted by atomic mass is 10.2. The van der Waals surface area contributed by atoms with Crippen molar-refractivity contribution < 1.29 is 14.3 Å². The van der Waals surface area contributed by atoms with Crippen molar-refractivity contribution >= 4 is 6.47 Å². The molecule has 1 aromatic rings. The van der Waals surface area contributed by atoms with Crippen molar-refractivity contribution in [3.05, 3.63) is 29.8 Å². The van der Waals surface area contributed by atoms with Crippen LogP contribution in [0.15, 0.2) is 24.3 Å². The van der Waals surface area contributed by atoms with Crippen molar-refractivity contribution in [3.63, 3.8) is 0 Å². The summed E-state index contributed by atoms with van der Waals surface area (Å²) in [5, 5.41) is 0. The lowest BCUT2D eigenvalue weighted by Crippen LogP contribution is -1.98. The van der Waals surface area contributed by atoms with Crippen LogP contribution in [0.3, 0.4) is 0 Å². The Kier molecular flexibility index (Phi) is 3.82. The standard InChI is InChI=1S/C10H11O3/c1-2-13-10-6-4-3-5-9(10)7-12-8-11/h3-6H,2,7H2,1H3. The molecule has 1 radical (unpaired) electrons. The highest BCUT2D eigenvalue weighted by atomic mass is 16.5. The maximum Gasteiger partial charge on any atom is 0.417 e. The van der Waals surface area contributed by atoms with Crippen molar-refractivity contribution in [1.82, 2.24) is 0 Å². The Bertz CT molecular complexity index is 271. The maximum atomic E-state index is 9.86. The van der Waals surface area contributed by atoms with Gasteiger partial charge >= 0.3 is 6.47 Å². The first-order valence-electron chi connectivity index (χ1n) is 4.08. The Morgan fingerprint density at radius 1 is 1.38 bits per heavy atom. The first-order chi connectivity index (χ1) is 6.38. The number of para-hydroxylation sites is 1. The normalized spacial score (nSPS) is 9.31. The fraction of sp³-hybridized carbons (Fsp3) is 0.300. The van der Waals surface area contributed by atoms with Gasteiger partial charge in [-0.05, 0) is 13.0 Å². The molecule has 0 heterocycles. The molecule has 0 N–H and O–H groups in total. The highest BCUT2D eigenvalue weighted by Gasteiger charge is 2.01. The number of hydrogen-bond donors (Lipinski definition) is 0. The van der Waals surface area contributed by atoms with Crippen molar-refractivity contribution in [1.29, 1.82) is 0 Å². The molecule has 0 aliphatic carbocycles. The summed E-state index contributed by atoms with van der Waals surface area (Å²) in [7, 11) is 0. The van der Waals surface area contributed by atoms with Gasteiger partial charge < -0.3 is 9.47 Å². The van der Waals surface area contributed by atoms with E-state index in [-0.39, 0.29) is 6.61 Å². The Morgan fingerprint density at radius 2 is 2.15 bits per heavy atom. The molecule has 1 rings (SSSR count). The Hall–Kier alpha value is -1.51. The highest BCUT2D eigenvalue weighted by molar-refractivity contribution is 5.40. The van der Waals surface area contributed by atoms with Gasteiger partial charge in [-0.1, -0.05) is 18.2 Å². The predicted molar refractivity (Wildman–Crippen MR) is 48.1 cm³/mol. The average molecular weight is 179 g/mol. The van der Waals surface area contributed by atoms with Gasteiger partial charge in [-0.2, -0.15) is 0 Å². The van der Waals surface area contributed by atoms with Crippen LogP contribution < -0.4 is 4.74 Å². The summed E-state index contributed by atoms with van der Waals surface area (Å²) in [5.41, 5.74) is 0.854. The number of rotatable bonds is 5. The largest absolute Gasteiger partial charge is 0.493 e. The van der Waals surface area contributed by atoms with Gasteiger partial charge in [0.25, 0.3) is 0 Å². The van der Waals surface area contributed by atoms with E-state index < -0.39 is 0 Å². The second-order valence-electron chi connectivity index (χ2n) is 2.41. The van der Waals surface area contributed by atoms with E-state index in [9.17, 15) is 4.79 Å². The minimum absolute atomic E-state index is 0.208. The molecular formula is C10H11O3. The van der Waals surface area contributed by atoms with Crippen LogP contribution >= 0.6 is 0 Å². The third kappa shape index (κ3) is 2.78. The summed E-state index contributed by atoms with van der Waals surface area (Å²) in [6, 6.07) is 7.43. The molecule has 0 aromatic heterocycles. The molecule has 1 aromatic carbocycles. The van der Waals surface area contributed by atoms with Crippen molar-refractivity contribution in [3.8, 4) is 5.75 Å². The van der Waals surface area contributed by atoms with Gasteiger partial charge in [-0.3, -0.25) is 0 Å². The van der Waals surface area contributed by atoms with Gasteiger partial charge in [0.2, 0.25) is 0 Å². The monoisotopic (exact) mass is 179 g/mol. The topological polar surface area (TPSA) is 35.5 Å². The van der Waals surface area contributed by atoms with E-state index in [0.29, 0.717) is 6.61 Å². The number of carbonyl (C=O) groups excluding carboxylic acids is 1. The Balaban J connectivity index is 2.71. The molecule has 3 heteroatoms. The van der Waals surface area contributed by atoms with Crippen molar-refractivity contribution in [2.24, 2.45) is 0 Å². The molecule has 0 bridgehead atoms. The summed E-state index contributed by atoms with van der Waals surface area (Å²) in [5.74, 6) is 0.750. The molecule has 0 saturated carbocycles. The van der Waals surface area contributed by atoms with E-state index in [4.69, 9.17) is 4.74 Å². The van der Waals surface area contributed by atoms with Crippen LogP contribution in [0.1, 0.15) is 12.5 Å². The molecule has 0 aliphatic rings. The highest BCUT2D eigenvalue weighted by Crippen LogP contribution is 2.18. The maximum absolute atomic E-state index is 9.86. The molecule has 3 nitrogen and oxygen atoms in total. The van der Waals surface area contributed by atoms with E-state index in [2.05, 4.69) is 4.74 Å². The van der Waals surface area contributed by atoms with Crippen LogP contribution in [-0.4, -0.2) is 13.1 Å². The van der Waals surface area contributed by atoms with Gasteiger partial charge in [-0.15, -0.1) is 0 Å². The Labute approximate surface area is 77.3 Å². The van der Waals surface area contributed by atoms with E-state index in [1.54, 1.807) is 0 Å². The zero-order valence-electron chi connectivity index (χ0n) is 7.45. The molecule has 0 amide bonds. The molecule has 0 aliphatic heterocycles. The van der Waals surface area contributed by atoms with Crippen molar-refractivity contribution in [2.75, 3.05) is 6.61 Å². The lowest BCUT2D eigenvalue weighted by molar-refractivity contribution is 0.257. The first kappa shape index (κ1) is 9.58. The minimum Gasteiger partial charge on any atom is -0.493 e. The minimum atomic E-state index is 0.208. The molecule has 13 heavy (non-hydrogen) atoms. The van der Waals surface area contributed by atoms with Crippen LogP contribution in [0.4, 0.5) is 0 Å². The summed E-state index contributed by atoms with van der Waals surface area (Å²) >= 11 is 0. The number of benzene rings is 1. The molecule has 0 unspecified atom stereocenters. The third-order valence-electron chi connectivity index (χ3n) is 1.56. The van der Waals surface area contributed by atoms with E-state index in [0.717, 1.165) is 11.3 Å². The summed E-state index contributed by atoms with van der Waals surface area (Å²) in [6.07, 6.45) is 0. The van der Waals surface area contributed by atoms with Crippen LogP contribution in [0.5, 0.6) is 5.75 Å². The molecule has 0 saturated heterocycles. The zero-order valence-corrected chi connectivity index (χ0v) is 7.45. The zero-order chi connectivity index (χ0) is 9.52. The predicted octanol–water partition coefficient (Wildman–Crippen LogP) is 1.67. The molecule has 0 atom stereocenters. The first-order valence-corrected chi connectivity index (χ1v) is 4.08. The van der Waals surface area contributed by atoms with E-state index >= 15 is 0 Å². The number of hydrogen-bond acceptors (Lipinski definition) is 3. The lowest BCUT2D eigenvalue weighted by Gasteiger charge is -2.07. The van der Waals surface area contributed by atoms with Gasteiger partial charge in [0, 0.05) is 5.56 Å². The summed E-state index contributed by atoms with van der Waals surface area (Å²) in [6.45, 7) is 4.09. The van der Waals surface area contributed by atoms with Crippen LogP contribution in [0.25, 0.3) is 0 Å². The summed E-state index contributed by atoms with van der Waals surface area (Å²) < 4.78 is 9.85. The third-order valence-corrected chi connectivity index (χ3v) is 1.56.